The van der Waals surface area contributed by atoms with Gasteiger partial charge in [0.15, 0.2) is 9.58 Å². The van der Waals surface area contributed by atoms with Crippen molar-refractivity contribution in [1.82, 2.24) is 0 Å². The van der Waals surface area contributed by atoms with E-state index in [1.165, 1.54) is 0 Å². The van der Waals surface area contributed by atoms with Gasteiger partial charge in [-0.25, -0.2) is 0 Å². The summed E-state index contributed by atoms with van der Waals surface area (Å²) in [5.41, 5.74) is -4.14. The maximum Gasteiger partial charge on any atom is 0.600 e. The molecule has 1 heterocycles. The highest BCUT2D eigenvalue weighted by molar-refractivity contribution is 7.38. The zero-order chi connectivity index (χ0) is 14.6. The molecule has 2 aromatic rings. The van der Waals surface area contributed by atoms with Crippen LogP contribution >= 0.6 is 10.5 Å². The van der Waals surface area contributed by atoms with Gasteiger partial charge < -0.3 is 12.6 Å². The first kappa shape index (κ1) is 16.4. The number of benzene rings is 1. The Balaban J connectivity index is 0.000000399. The summed E-state index contributed by atoms with van der Waals surface area (Å²) in [4.78, 5) is 0.490. The molecule has 0 N–H and O–H groups in total. The summed E-state index contributed by atoms with van der Waals surface area (Å²) >= 11 is -3.65. The van der Waals surface area contributed by atoms with Crippen LogP contribution in [0.25, 0.3) is 10.1 Å². The molecule has 2 rings (SSSR count). The lowest BCUT2D eigenvalue weighted by atomic mass is 10.2. The Hall–Kier alpha value is -0.670. The normalized spacial score (nSPS) is 12.5. The first-order valence-electron chi connectivity index (χ1n) is 5.11. The van der Waals surface area contributed by atoms with Gasteiger partial charge in [0.25, 0.3) is 0 Å². The molecule has 0 aliphatic rings. The molecule has 0 aliphatic carbocycles. The number of rotatable bonds is 1. The molecule has 1 unspecified atom stereocenters. The van der Waals surface area contributed by atoms with E-state index in [0.717, 1.165) is 5.39 Å². The van der Waals surface area contributed by atoms with E-state index < -0.39 is 30.8 Å². The predicted molar refractivity (Wildman–Crippen MR) is 57.1 cm³/mol. The van der Waals surface area contributed by atoms with Crippen LogP contribution in [-0.4, -0.2) is 0 Å². The predicted octanol–water partition coefficient (Wildman–Crippen LogP) is 1.06. The molecule has 8 heteroatoms. The summed E-state index contributed by atoms with van der Waals surface area (Å²) in [6, 6.07) is 8.42. The molecule has 19 heavy (non-hydrogen) atoms. The van der Waals surface area contributed by atoms with Crippen LogP contribution in [0.15, 0.2) is 30.3 Å². The lowest BCUT2D eigenvalue weighted by molar-refractivity contribution is -1.73. The molecule has 0 amide bonds. The van der Waals surface area contributed by atoms with E-state index in [-0.39, 0.29) is 0 Å². The molecule has 1 aromatic carbocycles. The Labute approximate surface area is 115 Å². The fourth-order valence-corrected chi connectivity index (χ4v) is 3.62. The topological polar surface area (TPSA) is 69.2 Å². The second kappa shape index (κ2) is 6.67. The Morgan fingerprint density at radius 3 is 2.16 bits per heavy atom. The van der Waals surface area contributed by atoms with Crippen LogP contribution in [-0.2, 0) is 11.9 Å². The van der Waals surface area contributed by atoms with Crippen molar-refractivity contribution in [2.24, 2.45) is 0 Å². The first-order valence-corrected chi connectivity index (χ1v) is 8.27. The Kier molecular flexibility index (Phi) is 5.75. The van der Waals surface area contributed by atoms with Crippen LogP contribution in [0.2, 0.25) is 0 Å². The summed E-state index contributed by atoms with van der Waals surface area (Å²) in [6.45, 7) is 1.77. The molecule has 1 atom stereocenters. The van der Waals surface area contributed by atoms with Crippen LogP contribution in [0.1, 0.15) is 11.8 Å². The molecular weight excluding hydrogens is 349 g/mol. The van der Waals surface area contributed by atoms with E-state index in [9.17, 15) is 13.2 Å². The zero-order valence-electron chi connectivity index (χ0n) is 9.74. The van der Waals surface area contributed by atoms with Gasteiger partial charge in [-0.05, 0) is 12.1 Å². The largest absolute Gasteiger partial charge is 0.600 e. The standard InChI is InChI=1S/C11H10F3S.BrO3/c1-2-9-7-8-5-3-4-6-10(8)15(9)11(12,13)14;2-1(3)4/h3-7H,2H2,1H3;/q+1;-1. The third kappa shape index (κ3) is 4.43. The molecule has 106 valence electrons. The van der Waals surface area contributed by atoms with Gasteiger partial charge in [0, 0.05) is 17.9 Å². The second-order valence-electron chi connectivity index (χ2n) is 3.44. The third-order valence-electron chi connectivity index (χ3n) is 2.30. The number of hydrogen-bond acceptors (Lipinski definition) is 3. The van der Waals surface area contributed by atoms with Crippen molar-refractivity contribution in [2.75, 3.05) is 0 Å². The molecular formula is C11H10BrF3O3S. The molecule has 3 nitrogen and oxygen atoms in total. The fourth-order valence-electron chi connectivity index (χ4n) is 1.68. The summed E-state index contributed by atoms with van der Waals surface area (Å²) in [6.07, 6.45) is 0.456. The number of alkyl halides is 3. The molecule has 0 bridgehead atoms. The first-order chi connectivity index (χ1) is 8.77. The van der Waals surface area contributed by atoms with E-state index in [2.05, 4.69) is 0 Å². The van der Waals surface area contributed by atoms with E-state index in [1.54, 1.807) is 37.3 Å². The maximum absolute atomic E-state index is 12.8. The van der Waals surface area contributed by atoms with Crippen molar-refractivity contribution in [1.29, 1.82) is 0 Å². The Morgan fingerprint density at radius 1 is 1.16 bits per heavy atom. The highest BCUT2D eigenvalue weighted by atomic mass is 80.0. The van der Waals surface area contributed by atoms with Gasteiger partial charge in [-0.15, -0.1) is 13.2 Å². The number of aryl methyl sites for hydroxylation is 1. The van der Waals surface area contributed by atoms with Crippen LogP contribution in [0.3, 0.4) is 0 Å². The molecule has 0 spiro atoms. The average molecular weight is 359 g/mol. The molecule has 1 aromatic heterocycles. The van der Waals surface area contributed by atoms with E-state index in [4.69, 9.17) is 12.6 Å². The van der Waals surface area contributed by atoms with Gasteiger partial charge in [-0.2, -0.15) is 0 Å². The van der Waals surface area contributed by atoms with Gasteiger partial charge in [-0.3, -0.25) is 0 Å². The van der Waals surface area contributed by atoms with E-state index in [0.29, 0.717) is 16.0 Å². The SMILES string of the molecule is CCc1cc2ccccc2[s+]1C(F)(F)F.[O-][Br+2]([O-])[O-]. The van der Waals surface area contributed by atoms with Gasteiger partial charge >= 0.3 is 5.51 Å². The van der Waals surface area contributed by atoms with Gasteiger partial charge in [0.1, 0.15) is 0 Å². The Bertz CT molecular complexity index is 537. The van der Waals surface area contributed by atoms with Gasteiger partial charge in [-0.1, -0.05) is 19.1 Å². The van der Waals surface area contributed by atoms with Crippen molar-refractivity contribution in [3.05, 3.63) is 35.2 Å². The number of fused-ring (bicyclic) bond motifs is 1. The summed E-state index contributed by atoms with van der Waals surface area (Å²) in [5, 5.41) is 0.718. The van der Waals surface area contributed by atoms with Crippen molar-refractivity contribution >= 4 is 20.6 Å². The van der Waals surface area contributed by atoms with Gasteiger partial charge in [0.2, 0.25) is 14.8 Å². The smallest absolute Gasteiger partial charge is 0.405 e. The maximum atomic E-state index is 12.8. The molecule has 0 radical (unpaired) electrons. The highest BCUT2D eigenvalue weighted by Gasteiger charge is 2.47. The Morgan fingerprint density at radius 2 is 1.68 bits per heavy atom. The third-order valence-corrected chi connectivity index (χ3v) is 4.50. The summed E-state index contributed by atoms with van der Waals surface area (Å²) < 4.78 is 64.5. The minimum atomic E-state index is -4.14. The second-order valence-corrected chi connectivity index (χ2v) is 6.28. The minimum absolute atomic E-state index is 0.418. The van der Waals surface area contributed by atoms with Crippen molar-refractivity contribution in [3.63, 3.8) is 0 Å². The van der Waals surface area contributed by atoms with Crippen molar-refractivity contribution in [3.8, 4) is 0 Å². The number of thiophene rings is 1. The van der Waals surface area contributed by atoms with E-state index in [1.807, 2.05) is 0 Å². The monoisotopic (exact) mass is 358 g/mol. The average Bonchev–Trinajstić information content (AvgIpc) is 2.65. The van der Waals surface area contributed by atoms with Crippen molar-refractivity contribution in [2.45, 2.75) is 18.9 Å². The van der Waals surface area contributed by atoms with Crippen LogP contribution in [0.5, 0.6) is 0 Å². The summed E-state index contributed by atoms with van der Waals surface area (Å²) in [5.74, 6) is 0. The van der Waals surface area contributed by atoms with Crippen LogP contribution < -0.4 is 12.6 Å². The molecule has 0 fully saturated rings. The molecule has 0 saturated carbocycles. The molecule has 0 saturated heterocycles. The summed E-state index contributed by atoms with van der Waals surface area (Å²) in [7, 11) is -1.70. The van der Waals surface area contributed by atoms with Crippen molar-refractivity contribution < 1.29 is 40.6 Å². The lowest BCUT2D eigenvalue weighted by Gasteiger charge is -1.97. The minimum Gasteiger partial charge on any atom is -0.405 e. The number of halogens is 4. The fraction of sp³-hybridized carbons (Fsp3) is 0.273. The quantitative estimate of drug-likeness (QED) is 0.715. The van der Waals surface area contributed by atoms with Crippen LogP contribution in [0, 0.1) is 14.8 Å². The zero-order valence-corrected chi connectivity index (χ0v) is 12.1. The number of hydrogen-bond donors (Lipinski definition) is 0. The van der Waals surface area contributed by atoms with E-state index >= 15 is 0 Å². The lowest BCUT2D eigenvalue weighted by Crippen LogP contribution is -2.42. The highest BCUT2D eigenvalue weighted by Crippen LogP contribution is 2.50. The molecule has 0 aliphatic heterocycles. The van der Waals surface area contributed by atoms with Crippen LogP contribution in [0.4, 0.5) is 13.2 Å². The van der Waals surface area contributed by atoms with Gasteiger partial charge in [0.05, 0.1) is 10.5 Å².